The lowest BCUT2D eigenvalue weighted by molar-refractivity contribution is -0.136. The van der Waals surface area contributed by atoms with E-state index in [2.05, 4.69) is 26.3 Å². The van der Waals surface area contributed by atoms with Crippen LogP contribution in [0.3, 0.4) is 0 Å². The zero-order chi connectivity index (χ0) is 22.5. The number of halogens is 2. The fourth-order valence-electron chi connectivity index (χ4n) is 3.47. The molecule has 31 heavy (non-hydrogen) atoms. The van der Waals surface area contributed by atoms with Gasteiger partial charge in [-0.1, -0.05) is 26.0 Å². The van der Waals surface area contributed by atoms with Crippen molar-refractivity contribution in [2.75, 3.05) is 5.32 Å². The maximum Gasteiger partial charge on any atom is 0.307 e. The Morgan fingerprint density at radius 3 is 2.42 bits per heavy atom. The van der Waals surface area contributed by atoms with E-state index in [4.69, 9.17) is 0 Å². The van der Waals surface area contributed by atoms with Crippen LogP contribution in [0.2, 0.25) is 0 Å². The van der Waals surface area contributed by atoms with Gasteiger partial charge < -0.3 is 10.4 Å². The van der Waals surface area contributed by atoms with Crippen LogP contribution in [0.25, 0.3) is 0 Å². The maximum atomic E-state index is 13.4. The number of hydrogen-bond donors (Lipinski definition) is 2. The van der Waals surface area contributed by atoms with E-state index in [9.17, 15) is 19.1 Å². The molecule has 0 aliphatic carbocycles. The van der Waals surface area contributed by atoms with E-state index in [1.165, 1.54) is 18.2 Å². The third kappa shape index (κ3) is 5.38. The number of nitrogens with zero attached hydrogens (tertiary/aromatic N) is 2. The summed E-state index contributed by atoms with van der Waals surface area (Å²) < 4.78 is 15.5. The van der Waals surface area contributed by atoms with Crippen LogP contribution in [0, 0.1) is 5.82 Å². The highest BCUT2D eigenvalue weighted by Crippen LogP contribution is 2.21. The third-order valence-corrected chi connectivity index (χ3v) is 5.58. The SMILES string of the molecule is CCc1nn(Cc2ccc(C(=O)Nc3ccc(F)c(Br)c3)cc2)c(CC)c1CC(=O)O. The van der Waals surface area contributed by atoms with Crippen molar-refractivity contribution >= 4 is 33.5 Å². The van der Waals surface area contributed by atoms with Crippen molar-refractivity contribution < 1.29 is 19.1 Å². The average Bonchev–Trinajstić information content (AvgIpc) is 3.06. The molecular formula is C23H23BrFN3O3. The van der Waals surface area contributed by atoms with Crippen LogP contribution in [-0.2, 0) is 30.6 Å². The number of carbonyl (C=O) groups is 2. The maximum absolute atomic E-state index is 13.4. The van der Waals surface area contributed by atoms with Crippen molar-refractivity contribution in [3.63, 3.8) is 0 Å². The van der Waals surface area contributed by atoms with E-state index in [0.717, 1.165) is 22.5 Å². The predicted molar refractivity (Wildman–Crippen MR) is 120 cm³/mol. The van der Waals surface area contributed by atoms with Crippen LogP contribution in [0.1, 0.15) is 46.7 Å². The Hall–Kier alpha value is -3.00. The summed E-state index contributed by atoms with van der Waals surface area (Å²) >= 11 is 3.10. The topological polar surface area (TPSA) is 84.2 Å². The first-order chi connectivity index (χ1) is 14.8. The van der Waals surface area contributed by atoms with E-state index in [1.807, 2.05) is 30.7 Å². The van der Waals surface area contributed by atoms with Gasteiger partial charge in [0.05, 0.1) is 23.1 Å². The second kappa shape index (κ2) is 9.87. The number of aryl methyl sites for hydroxylation is 1. The molecule has 1 heterocycles. The molecule has 0 unspecified atom stereocenters. The minimum absolute atomic E-state index is 0.0368. The molecule has 8 heteroatoms. The Bertz CT molecular complexity index is 1110. The van der Waals surface area contributed by atoms with Gasteiger partial charge in [-0.3, -0.25) is 14.3 Å². The van der Waals surface area contributed by atoms with Gasteiger partial charge in [0.25, 0.3) is 5.91 Å². The highest BCUT2D eigenvalue weighted by atomic mass is 79.9. The molecule has 0 saturated heterocycles. The zero-order valence-electron chi connectivity index (χ0n) is 17.3. The molecule has 0 saturated carbocycles. The molecule has 1 aromatic heterocycles. The first kappa shape index (κ1) is 22.7. The molecule has 3 rings (SSSR count). The van der Waals surface area contributed by atoms with E-state index in [1.54, 1.807) is 12.1 Å². The van der Waals surface area contributed by atoms with Gasteiger partial charge in [0.2, 0.25) is 0 Å². The van der Waals surface area contributed by atoms with Crippen molar-refractivity contribution in [3.05, 3.63) is 80.8 Å². The van der Waals surface area contributed by atoms with Crippen molar-refractivity contribution in [2.45, 2.75) is 39.7 Å². The fraction of sp³-hybridized carbons (Fsp3) is 0.261. The third-order valence-electron chi connectivity index (χ3n) is 4.97. The minimum Gasteiger partial charge on any atom is -0.481 e. The summed E-state index contributed by atoms with van der Waals surface area (Å²) in [5.74, 6) is -1.56. The second-order valence-electron chi connectivity index (χ2n) is 7.09. The number of aromatic nitrogens is 2. The summed E-state index contributed by atoms with van der Waals surface area (Å²) in [6.07, 6.45) is 1.31. The summed E-state index contributed by atoms with van der Waals surface area (Å²) in [5.41, 5.74) is 4.43. The number of amides is 1. The minimum atomic E-state index is -0.868. The van der Waals surface area contributed by atoms with Crippen molar-refractivity contribution in [1.29, 1.82) is 0 Å². The summed E-state index contributed by atoms with van der Waals surface area (Å²) in [4.78, 5) is 23.7. The Morgan fingerprint density at radius 2 is 1.84 bits per heavy atom. The van der Waals surface area contributed by atoms with Crippen LogP contribution in [0.4, 0.5) is 10.1 Å². The van der Waals surface area contributed by atoms with Gasteiger partial charge in [-0.05, 0) is 64.7 Å². The number of anilines is 1. The number of carbonyl (C=O) groups excluding carboxylic acids is 1. The normalized spacial score (nSPS) is 10.8. The van der Waals surface area contributed by atoms with Gasteiger partial charge in [-0.25, -0.2) is 4.39 Å². The first-order valence-corrected chi connectivity index (χ1v) is 10.8. The number of rotatable bonds is 8. The van der Waals surface area contributed by atoms with Gasteiger partial charge in [0.15, 0.2) is 0 Å². The molecule has 2 aromatic carbocycles. The molecule has 0 radical (unpaired) electrons. The standard InChI is InChI=1S/C23H23BrFN3O3/c1-3-20-17(12-22(29)30)21(4-2)28(27-20)13-14-5-7-15(8-6-14)23(31)26-16-9-10-19(25)18(24)11-16/h5-11H,3-4,12-13H2,1-2H3,(H,26,31)(H,29,30). The van der Waals surface area contributed by atoms with E-state index >= 15 is 0 Å². The zero-order valence-corrected chi connectivity index (χ0v) is 18.9. The quantitative estimate of drug-likeness (QED) is 0.476. The molecule has 0 fully saturated rings. The monoisotopic (exact) mass is 487 g/mol. The van der Waals surface area contributed by atoms with Crippen LogP contribution < -0.4 is 5.32 Å². The van der Waals surface area contributed by atoms with E-state index < -0.39 is 11.8 Å². The predicted octanol–water partition coefficient (Wildman–Crippen LogP) is 4.84. The summed E-state index contributed by atoms with van der Waals surface area (Å²) in [5, 5.41) is 16.6. The highest BCUT2D eigenvalue weighted by molar-refractivity contribution is 9.10. The van der Waals surface area contributed by atoms with Crippen LogP contribution in [-0.4, -0.2) is 26.8 Å². The van der Waals surface area contributed by atoms with E-state index in [-0.39, 0.29) is 16.8 Å². The van der Waals surface area contributed by atoms with E-state index in [0.29, 0.717) is 30.6 Å². The molecule has 0 aliphatic rings. The molecule has 0 bridgehead atoms. The molecule has 2 N–H and O–H groups in total. The number of nitrogens with one attached hydrogen (secondary N) is 1. The molecule has 0 spiro atoms. The van der Waals surface area contributed by atoms with Crippen LogP contribution in [0.5, 0.6) is 0 Å². The van der Waals surface area contributed by atoms with Gasteiger partial charge in [-0.2, -0.15) is 5.10 Å². The molecular weight excluding hydrogens is 465 g/mol. The lowest BCUT2D eigenvalue weighted by atomic mass is 10.1. The van der Waals surface area contributed by atoms with Crippen molar-refractivity contribution in [1.82, 2.24) is 9.78 Å². The van der Waals surface area contributed by atoms with Gasteiger partial charge in [0.1, 0.15) is 5.82 Å². The molecule has 0 atom stereocenters. The largest absolute Gasteiger partial charge is 0.481 e. The number of carboxylic acids is 1. The van der Waals surface area contributed by atoms with Crippen LogP contribution in [0.15, 0.2) is 46.9 Å². The first-order valence-electron chi connectivity index (χ1n) is 9.96. The Balaban J connectivity index is 1.76. The molecule has 1 amide bonds. The summed E-state index contributed by atoms with van der Waals surface area (Å²) in [6, 6.07) is 11.4. The average molecular weight is 488 g/mol. The van der Waals surface area contributed by atoms with Crippen molar-refractivity contribution in [3.8, 4) is 0 Å². The number of aliphatic carboxylic acids is 1. The lowest BCUT2D eigenvalue weighted by Gasteiger charge is -2.09. The number of carboxylic acid groups (broad SMARTS) is 1. The molecule has 6 nitrogen and oxygen atoms in total. The summed E-state index contributed by atoms with van der Waals surface area (Å²) in [6.45, 7) is 4.44. The van der Waals surface area contributed by atoms with Gasteiger partial charge in [0, 0.05) is 22.5 Å². The molecule has 0 aliphatic heterocycles. The summed E-state index contributed by atoms with van der Waals surface area (Å²) in [7, 11) is 0. The fourth-order valence-corrected chi connectivity index (χ4v) is 3.85. The Kier molecular flexibility index (Phi) is 7.22. The molecule has 162 valence electrons. The Morgan fingerprint density at radius 1 is 1.13 bits per heavy atom. The van der Waals surface area contributed by atoms with Gasteiger partial charge >= 0.3 is 5.97 Å². The highest BCUT2D eigenvalue weighted by Gasteiger charge is 2.18. The smallest absolute Gasteiger partial charge is 0.307 e. The number of benzene rings is 2. The van der Waals surface area contributed by atoms with Crippen LogP contribution >= 0.6 is 15.9 Å². The molecule has 3 aromatic rings. The lowest BCUT2D eigenvalue weighted by Crippen LogP contribution is -2.12. The second-order valence-corrected chi connectivity index (χ2v) is 7.94. The number of hydrogen-bond acceptors (Lipinski definition) is 3. The Labute approximate surface area is 188 Å². The van der Waals surface area contributed by atoms with Gasteiger partial charge in [-0.15, -0.1) is 0 Å². The van der Waals surface area contributed by atoms with Crippen molar-refractivity contribution in [2.24, 2.45) is 0 Å².